The number of phenolic OH excluding ortho intramolecular Hbond substituents is 1. The summed E-state index contributed by atoms with van der Waals surface area (Å²) in [5, 5.41) is 27.6. The van der Waals surface area contributed by atoms with Gasteiger partial charge in [-0.05, 0) is 25.0 Å². The molecule has 18 heavy (non-hydrogen) atoms. The number of nitro benzene ring substituents is 1. The summed E-state index contributed by atoms with van der Waals surface area (Å²) in [4.78, 5) is 9.52. The Labute approximate surface area is 132 Å². The van der Waals surface area contributed by atoms with E-state index in [-0.39, 0.29) is 50.3 Å². The van der Waals surface area contributed by atoms with Crippen LogP contribution in [0, 0.1) is 10.1 Å². The first-order valence-electron chi connectivity index (χ1n) is 5.62. The van der Waals surface area contributed by atoms with Gasteiger partial charge in [-0.2, -0.15) is 0 Å². The first-order chi connectivity index (χ1) is 8.01. The maximum atomic E-state index is 10.0. The largest absolute Gasteiger partial charge is 0.508 e. The van der Waals surface area contributed by atoms with Gasteiger partial charge in [0.2, 0.25) is 0 Å². The Balaban J connectivity index is 0. The maximum absolute atomic E-state index is 10.0. The quantitative estimate of drug-likeness (QED) is 0.657. The summed E-state index contributed by atoms with van der Waals surface area (Å²) in [6.45, 7) is 4.08. The minimum absolute atomic E-state index is 0. The summed E-state index contributed by atoms with van der Waals surface area (Å²) in [6, 6.07) is 5.04. The number of hydrogen-bond acceptors (Lipinski definition) is 4. The van der Waals surface area contributed by atoms with Crippen LogP contribution in [0.15, 0.2) is 24.3 Å². The molecule has 2 N–H and O–H groups in total. The first kappa shape index (κ1) is 19.8. The van der Waals surface area contributed by atoms with E-state index in [1.807, 2.05) is 6.92 Å². The molecular formula is C12H19NO4Y. The second-order valence-electron chi connectivity index (χ2n) is 3.62. The number of rotatable bonds is 4. The van der Waals surface area contributed by atoms with Crippen LogP contribution < -0.4 is 0 Å². The molecule has 1 aromatic carbocycles. The summed E-state index contributed by atoms with van der Waals surface area (Å²) in [5.74, 6) is 0.0330. The molecule has 0 amide bonds. The molecule has 5 nitrogen and oxygen atoms in total. The molecule has 0 aliphatic heterocycles. The van der Waals surface area contributed by atoms with Crippen LogP contribution in [0.2, 0.25) is 0 Å². The van der Waals surface area contributed by atoms with Crippen LogP contribution in [-0.2, 0) is 32.7 Å². The predicted molar refractivity (Wildman–Crippen MR) is 66.0 cm³/mol. The van der Waals surface area contributed by atoms with Crippen molar-refractivity contribution in [3.05, 3.63) is 34.4 Å². The number of aliphatic hydroxyl groups excluding tert-OH is 1. The second kappa shape index (κ2) is 11.6. The fourth-order valence-electron chi connectivity index (χ4n) is 1.11. The summed E-state index contributed by atoms with van der Waals surface area (Å²) < 4.78 is 0. The van der Waals surface area contributed by atoms with Crippen molar-refractivity contribution in [3.63, 3.8) is 0 Å². The van der Waals surface area contributed by atoms with Crippen LogP contribution in [0.25, 0.3) is 0 Å². The van der Waals surface area contributed by atoms with E-state index in [2.05, 4.69) is 6.92 Å². The van der Waals surface area contributed by atoms with Gasteiger partial charge in [0.15, 0.2) is 0 Å². The molecule has 0 saturated carbocycles. The molecular weight excluding hydrogens is 311 g/mol. The van der Waals surface area contributed by atoms with Gasteiger partial charge >= 0.3 is 0 Å². The fourth-order valence-corrected chi connectivity index (χ4v) is 1.11. The molecule has 0 aliphatic carbocycles. The number of benzene rings is 1. The van der Waals surface area contributed by atoms with Gasteiger partial charge in [0.25, 0.3) is 5.69 Å². The molecule has 0 aromatic heterocycles. The van der Waals surface area contributed by atoms with Gasteiger partial charge in [0, 0.05) is 44.8 Å². The third kappa shape index (κ3) is 9.51. The SMILES string of the molecule is CCCC(O)CC.O=[N+]([O-])c1ccc(O)cc1.[Y]. The number of aromatic hydroxyl groups is 1. The van der Waals surface area contributed by atoms with E-state index in [9.17, 15) is 10.1 Å². The van der Waals surface area contributed by atoms with Crippen molar-refractivity contribution in [1.82, 2.24) is 0 Å². The number of phenols is 1. The Kier molecular flexibility index (Phi) is 12.7. The third-order valence-electron chi connectivity index (χ3n) is 2.15. The molecule has 1 unspecified atom stereocenters. The van der Waals surface area contributed by atoms with Crippen LogP contribution in [0.5, 0.6) is 5.75 Å². The molecule has 0 saturated heterocycles. The van der Waals surface area contributed by atoms with Crippen molar-refractivity contribution in [2.75, 3.05) is 0 Å². The van der Waals surface area contributed by atoms with Crippen molar-refractivity contribution >= 4 is 5.69 Å². The molecule has 1 atom stereocenters. The summed E-state index contributed by atoms with van der Waals surface area (Å²) in [6.07, 6.45) is 2.89. The van der Waals surface area contributed by atoms with Gasteiger partial charge in [0.05, 0.1) is 11.0 Å². The van der Waals surface area contributed by atoms with Gasteiger partial charge < -0.3 is 10.2 Å². The van der Waals surface area contributed by atoms with Gasteiger partial charge in [-0.15, -0.1) is 0 Å². The second-order valence-corrected chi connectivity index (χ2v) is 3.62. The van der Waals surface area contributed by atoms with E-state index in [0.717, 1.165) is 19.3 Å². The van der Waals surface area contributed by atoms with Crippen LogP contribution in [0.1, 0.15) is 33.1 Å². The Morgan fingerprint density at radius 3 is 2.06 bits per heavy atom. The van der Waals surface area contributed by atoms with Crippen molar-refractivity contribution < 1.29 is 47.8 Å². The average Bonchev–Trinajstić information content (AvgIpc) is 2.30. The van der Waals surface area contributed by atoms with Gasteiger partial charge in [-0.1, -0.05) is 20.3 Å². The zero-order valence-corrected chi connectivity index (χ0v) is 13.6. The normalized spacial score (nSPS) is 10.6. The molecule has 1 radical (unpaired) electrons. The number of non-ortho nitro benzene ring substituents is 1. The standard InChI is InChI=1S/C6H5NO3.C6H14O.Y/c8-6-3-1-5(2-4-6)7(9)10;1-3-5-6(7)4-2;/h1-4,8H;6-7H,3-5H2,1-2H3;. The van der Waals surface area contributed by atoms with Crippen molar-refractivity contribution in [2.45, 2.75) is 39.2 Å². The zero-order chi connectivity index (χ0) is 13.3. The molecule has 1 rings (SSSR count). The van der Waals surface area contributed by atoms with E-state index in [0.29, 0.717) is 0 Å². The van der Waals surface area contributed by atoms with Gasteiger partial charge in [-0.25, -0.2) is 0 Å². The van der Waals surface area contributed by atoms with Gasteiger partial charge in [-0.3, -0.25) is 10.1 Å². The predicted octanol–water partition coefficient (Wildman–Crippen LogP) is 2.86. The topological polar surface area (TPSA) is 83.6 Å². The number of nitro groups is 1. The maximum Gasteiger partial charge on any atom is 0.269 e. The van der Waals surface area contributed by atoms with E-state index >= 15 is 0 Å². The summed E-state index contributed by atoms with van der Waals surface area (Å²) >= 11 is 0. The summed E-state index contributed by atoms with van der Waals surface area (Å²) in [5.41, 5.74) is -0.0159. The molecule has 0 aliphatic rings. The van der Waals surface area contributed by atoms with E-state index in [1.54, 1.807) is 0 Å². The Morgan fingerprint density at radius 1 is 1.28 bits per heavy atom. The Bertz CT molecular complexity index is 329. The third-order valence-corrected chi connectivity index (χ3v) is 2.15. The van der Waals surface area contributed by atoms with Crippen molar-refractivity contribution in [3.8, 4) is 5.75 Å². The molecule has 1 aromatic rings. The first-order valence-corrected chi connectivity index (χ1v) is 5.62. The Hall–Kier alpha value is -0.516. The van der Waals surface area contributed by atoms with Crippen LogP contribution >= 0.6 is 0 Å². The van der Waals surface area contributed by atoms with Crippen LogP contribution in [0.4, 0.5) is 5.69 Å². The fraction of sp³-hybridized carbons (Fsp3) is 0.500. The minimum atomic E-state index is -0.514. The average molecular weight is 330 g/mol. The zero-order valence-electron chi connectivity index (χ0n) is 10.7. The molecule has 0 heterocycles. The van der Waals surface area contributed by atoms with Crippen molar-refractivity contribution in [1.29, 1.82) is 0 Å². The molecule has 6 heteroatoms. The van der Waals surface area contributed by atoms with E-state index < -0.39 is 4.92 Å². The molecule has 0 bridgehead atoms. The number of hydrogen-bond donors (Lipinski definition) is 2. The number of nitrogens with zero attached hydrogens (tertiary/aromatic N) is 1. The minimum Gasteiger partial charge on any atom is -0.508 e. The van der Waals surface area contributed by atoms with Crippen LogP contribution in [-0.4, -0.2) is 21.2 Å². The Morgan fingerprint density at radius 2 is 1.78 bits per heavy atom. The molecule has 0 spiro atoms. The van der Waals surface area contributed by atoms with Crippen LogP contribution in [0.3, 0.4) is 0 Å². The number of aliphatic hydroxyl groups is 1. The van der Waals surface area contributed by atoms with Gasteiger partial charge in [0.1, 0.15) is 5.75 Å². The van der Waals surface area contributed by atoms with E-state index in [1.165, 1.54) is 24.3 Å². The van der Waals surface area contributed by atoms with E-state index in [4.69, 9.17) is 10.2 Å². The summed E-state index contributed by atoms with van der Waals surface area (Å²) in [7, 11) is 0. The molecule has 99 valence electrons. The smallest absolute Gasteiger partial charge is 0.269 e. The molecule has 0 fully saturated rings. The van der Waals surface area contributed by atoms with Crippen molar-refractivity contribution in [2.24, 2.45) is 0 Å². The monoisotopic (exact) mass is 330 g/mol.